The second-order valence-electron chi connectivity index (χ2n) is 7.00. The molecule has 0 spiro atoms. The average molecular weight is 477 g/mol. The molecule has 2 aromatic carbocycles. The van der Waals surface area contributed by atoms with Gasteiger partial charge in [-0.15, -0.1) is 11.8 Å². The van der Waals surface area contributed by atoms with Crippen LogP contribution in [0.15, 0.2) is 76.2 Å². The van der Waals surface area contributed by atoms with E-state index in [9.17, 15) is 18.0 Å². The van der Waals surface area contributed by atoms with Crippen LogP contribution in [-0.2, 0) is 15.7 Å². The van der Waals surface area contributed by atoms with Gasteiger partial charge in [-0.25, -0.2) is 4.79 Å². The molecule has 8 heteroatoms. The number of esters is 1. The molecule has 0 N–H and O–H groups in total. The summed E-state index contributed by atoms with van der Waals surface area (Å²) in [4.78, 5) is 12.4. The number of alkyl halides is 3. The molecule has 33 heavy (non-hydrogen) atoms. The van der Waals surface area contributed by atoms with Gasteiger partial charge < -0.3 is 13.9 Å². The molecule has 0 radical (unpaired) electrons. The van der Waals surface area contributed by atoms with Crippen molar-refractivity contribution in [3.05, 3.63) is 89.4 Å². The van der Waals surface area contributed by atoms with Crippen LogP contribution in [0.1, 0.15) is 29.4 Å². The van der Waals surface area contributed by atoms with Crippen LogP contribution in [0.25, 0.3) is 5.57 Å². The molecule has 0 fully saturated rings. The molecule has 0 saturated heterocycles. The lowest BCUT2D eigenvalue weighted by molar-refractivity contribution is -0.145. The lowest BCUT2D eigenvalue weighted by atomic mass is 10.0. The minimum atomic E-state index is -4.38. The molecule has 3 aromatic rings. The van der Waals surface area contributed by atoms with E-state index < -0.39 is 17.7 Å². The predicted molar refractivity (Wildman–Crippen MR) is 121 cm³/mol. The Labute approximate surface area is 194 Å². The van der Waals surface area contributed by atoms with E-state index in [-0.39, 0.29) is 6.61 Å². The summed E-state index contributed by atoms with van der Waals surface area (Å²) in [5, 5.41) is 0. The molecule has 0 unspecified atom stereocenters. The monoisotopic (exact) mass is 476 g/mol. The lowest BCUT2D eigenvalue weighted by Gasteiger charge is -2.11. The van der Waals surface area contributed by atoms with Crippen molar-refractivity contribution in [3.8, 4) is 5.75 Å². The van der Waals surface area contributed by atoms with Gasteiger partial charge in [-0.1, -0.05) is 18.2 Å². The molecule has 3 rings (SSSR count). The zero-order valence-corrected chi connectivity index (χ0v) is 19.0. The van der Waals surface area contributed by atoms with Crippen molar-refractivity contribution in [3.63, 3.8) is 0 Å². The van der Waals surface area contributed by atoms with Crippen LogP contribution in [-0.4, -0.2) is 24.9 Å². The zero-order valence-electron chi connectivity index (χ0n) is 18.1. The fourth-order valence-corrected chi connectivity index (χ4v) is 3.93. The molecule has 0 aliphatic heterocycles. The largest absolute Gasteiger partial charge is 0.482 e. The number of carbonyl (C=O) groups excluding carboxylic acids is 1. The van der Waals surface area contributed by atoms with Gasteiger partial charge in [0.25, 0.3) is 0 Å². The lowest BCUT2D eigenvalue weighted by Crippen LogP contribution is -2.14. The highest BCUT2D eigenvalue weighted by Gasteiger charge is 2.30. The van der Waals surface area contributed by atoms with Crippen molar-refractivity contribution in [1.29, 1.82) is 0 Å². The average Bonchev–Trinajstić information content (AvgIpc) is 3.30. The normalized spacial score (nSPS) is 12.0. The summed E-state index contributed by atoms with van der Waals surface area (Å²) >= 11 is 1.56. The Morgan fingerprint density at radius 3 is 2.48 bits per heavy atom. The van der Waals surface area contributed by atoms with E-state index in [1.807, 2.05) is 25.1 Å². The van der Waals surface area contributed by atoms with Crippen LogP contribution >= 0.6 is 11.8 Å². The molecule has 174 valence electrons. The van der Waals surface area contributed by atoms with Gasteiger partial charge in [0.15, 0.2) is 6.61 Å². The number of carbonyl (C=O) groups is 1. The van der Waals surface area contributed by atoms with Crippen LogP contribution in [0, 0.1) is 6.92 Å². The molecule has 0 aliphatic rings. The number of thioether (sulfide) groups is 1. The second kappa shape index (κ2) is 11.1. The van der Waals surface area contributed by atoms with Crippen LogP contribution in [0.5, 0.6) is 5.75 Å². The van der Waals surface area contributed by atoms with E-state index in [1.165, 1.54) is 18.4 Å². The van der Waals surface area contributed by atoms with Gasteiger partial charge in [-0.2, -0.15) is 13.2 Å². The summed E-state index contributed by atoms with van der Waals surface area (Å²) in [6.07, 6.45) is -0.932. The second-order valence-corrected chi connectivity index (χ2v) is 8.10. The van der Waals surface area contributed by atoms with Gasteiger partial charge >= 0.3 is 12.1 Å². The molecule has 0 saturated carbocycles. The number of hydrogen-bond donors (Lipinski definition) is 0. The molecular formula is C25H23F3O4S. The first-order valence-corrected chi connectivity index (χ1v) is 11.2. The third-order valence-electron chi connectivity index (χ3n) is 4.64. The summed E-state index contributed by atoms with van der Waals surface area (Å²) in [6.45, 7) is 3.77. The molecule has 1 heterocycles. The highest BCUT2D eigenvalue weighted by molar-refractivity contribution is 7.99. The molecule has 0 amide bonds. The third kappa shape index (κ3) is 6.92. The Balaban J connectivity index is 1.70. The maximum absolute atomic E-state index is 12.9. The highest BCUT2D eigenvalue weighted by Crippen LogP contribution is 2.32. The first-order chi connectivity index (χ1) is 15.8. The number of furan rings is 1. The Hall–Kier alpha value is -3.13. The van der Waals surface area contributed by atoms with E-state index in [1.54, 1.807) is 36.9 Å². The number of benzene rings is 2. The Morgan fingerprint density at radius 1 is 1.12 bits per heavy atom. The van der Waals surface area contributed by atoms with E-state index in [0.717, 1.165) is 22.6 Å². The van der Waals surface area contributed by atoms with Crippen molar-refractivity contribution in [2.45, 2.75) is 24.9 Å². The summed E-state index contributed by atoms with van der Waals surface area (Å²) in [7, 11) is 0. The fourth-order valence-electron chi connectivity index (χ4n) is 3.07. The van der Waals surface area contributed by atoms with Crippen molar-refractivity contribution in [1.82, 2.24) is 0 Å². The van der Waals surface area contributed by atoms with Gasteiger partial charge in [0, 0.05) is 16.2 Å². The first-order valence-electron chi connectivity index (χ1n) is 10.2. The predicted octanol–water partition coefficient (Wildman–Crippen LogP) is 6.77. The highest BCUT2D eigenvalue weighted by atomic mass is 32.2. The molecule has 4 nitrogen and oxygen atoms in total. The van der Waals surface area contributed by atoms with Crippen LogP contribution < -0.4 is 4.74 Å². The maximum atomic E-state index is 12.9. The minimum absolute atomic E-state index is 0.149. The van der Waals surface area contributed by atoms with Crippen LogP contribution in [0.3, 0.4) is 0 Å². The van der Waals surface area contributed by atoms with Crippen LogP contribution in [0.4, 0.5) is 13.2 Å². The minimum Gasteiger partial charge on any atom is -0.482 e. The number of hydrogen-bond acceptors (Lipinski definition) is 5. The van der Waals surface area contributed by atoms with E-state index >= 15 is 0 Å². The van der Waals surface area contributed by atoms with E-state index in [0.29, 0.717) is 35.0 Å². The van der Waals surface area contributed by atoms with E-state index in [4.69, 9.17) is 13.9 Å². The molecule has 0 bridgehead atoms. The Morgan fingerprint density at radius 2 is 1.88 bits per heavy atom. The van der Waals surface area contributed by atoms with Crippen molar-refractivity contribution in [2.24, 2.45) is 0 Å². The summed E-state index contributed by atoms with van der Waals surface area (Å²) in [6, 6.07) is 14.2. The Kier molecular flexibility index (Phi) is 8.27. The standard InChI is InChI=1S/C25H23F3O4S/c1-3-30-24(29)16-32-22-11-10-20(15-17(22)2)33-14-12-21(23-5-4-13-31-23)18-6-8-19(9-7-18)25(26,27)28/h4-13,15H,3,14,16H2,1-2H3. The first kappa shape index (κ1) is 24.5. The van der Waals surface area contributed by atoms with Gasteiger partial charge in [-0.05, 0) is 67.4 Å². The molecule has 1 aromatic heterocycles. The number of halogens is 3. The number of ether oxygens (including phenoxy) is 2. The summed E-state index contributed by atoms with van der Waals surface area (Å²) < 4.78 is 54.5. The fraction of sp³-hybridized carbons (Fsp3) is 0.240. The van der Waals surface area contributed by atoms with Crippen molar-refractivity contribution >= 4 is 23.3 Å². The molecule has 0 atom stereocenters. The maximum Gasteiger partial charge on any atom is 0.416 e. The van der Waals surface area contributed by atoms with Gasteiger partial charge in [0.2, 0.25) is 0 Å². The van der Waals surface area contributed by atoms with Gasteiger partial charge in [-0.3, -0.25) is 0 Å². The summed E-state index contributed by atoms with van der Waals surface area (Å²) in [5.74, 6) is 1.33. The molecular weight excluding hydrogens is 453 g/mol. The smallest absolute Gasteiger partial charge is 0.416 e. The quantitative estimate of drug-likeness (QED) is 0.252. The van der Waals surface area contributed by atoms with Crippen LogP contribution in [0.2, 0.25) is 0 Å². The SMILES string of the molecule is CCOC(=O)COc1ccc(SCC=C(c2ccc(C(F)(F)F)cc2)c2ccco2)cc1C. The van der Waals surface area contributed by atoms with Crippen molar-refractivity contribution in [2.75, 3.05) is 19.0 Å². The number of rotatable bonds is 9. The topological polar surface area (TPSA) is 48.7 Å². The third-order valence-corrected chi connectivity index (χ3v) is 5.57. The Bertz CT molecular complexity index is 1090. The van der Waals surface area contributed by atoms with Gasteiger partial charge in [0.05, 0.1) is 18.4 Å². The molecule has 0 aliphatic carbocycles. The zero-order chi connectivity index (χ0) is 23.8. The number of aryl methyl sites for hydroxylation is 1. The van der Waals surface area contributed by atoms with E-state index in [2.05, 4.69) is 0 Å². The van der Waals surface area contributed by atoms with Crippen molar-refractivity contribution < 1.29 is 31.9 Å². The van der Waals surface area contributed by atoms with Gasteiger partial charge in [0.1, 0.15) is 11.5 Å². The summed E-state index contributed by atoms with van der Waals surface area (Å²) in [5.41, 5.74) is 1.53.